The largest absolute Gasteiger partial charge is 0.411 e. The zero-order valence-electron chi connectivity index (χ0n) is 6.48. The molecule has 0 aliphatic rings. The molecule has 0 aromatic heterocycles. The van der Waals surface area contributed by atoms with Crippen LogP contribution in [0.25, 0.3) is 4.98 Å². The Balaban J connectivity index is 3.53. The average molecular weight is 437 g/mol. The zero-order valence-corrected chi connectivity index (χ0v) is 11.6. The molecule has 0 amide bonds. The lowest BCUT2D eigenvalue weighted by molar-refractivity contribution is 0.483. The molecule has 74 valence electrons. The number of diazo groups is 1. The van der Waals surface area contributed by atoms with E-state index in [1.807, 2.05) is 45.2 Å². The molecule has 0 bridgehead atoms. The molecule has 0 radical (unpaired) electrons. The normalized spacial score (nSPS) is 11.0. The van der Waals surface area contributed by atoms with Gasteiger partial charge in [-0.25, -0.2) is 0 Å². The summed E-state index contributed by atoms with van der Waals surface area (Å²) in [7, 11) is -4.21. The Hall–Kier alpha value is 0.01000. The van der Waals surface area contributed by atoms with Crippen molar-refractivity contribution < 1.29 is 13.0 Å². The molecule has 0 aliphatic carbocycles. The number of hydrogen-bond donors (Lipinski definition) is 1. The van der Waals surface area contributed by atoms with Crippen molar-refractivity contribution in [3.05, 3.63) is 24.2 Å². The Bertz CT molecular complexity index is 497. The summed E-state index contributed by atoms with van der Waals surface area (Å²) in [6.45, 7) is 0. The molecule has 0 fully saturated rings. The summed E-state index contributed by atoms with van der Waals surface area (Å²) >= 11 is 3.64. The van der Waals surface area contributed by atoms with E-state index in [-0.39, 0.29) is 4.90 Å². The van der Waals surface area contributed by atoms with Crippen LogP contribution < -0.4 is 0 Å². The van der Waals surface area contributed by atoms with E-state index in [4.69, 9.17) is 9.95 Å². The molecule has 0 atom stereocenters. The molecule has 0 unspecified atom stereocenters. The predicted molar refractivity (Wildman–Crippen MR) is 66.4 cm³/mol. The van der Waals surface area contributed by atoms with Gasteiger partial charge in [-0.05, 0) is 57.3 Å². The van der Waals surface area contributed by atoms with E-state index in [0.717, 1.165) is 0 Å². The highest BCUT2D eigenvalue weighted by atomic mass is 127. The maximum absolute atomic E-state index is 10.8. The second-order valence-electron chi connectivity index (χ2n) is 2.31. The summed E-state index contributed by atoms with van der Waals surface area (Å²) in [6, 6.07) is 2.46. The van der Waals surface area contributed by atoms with E-state index in [1.165, 1.54) is 12.1 Å². The van der Waals surface area contributed by atoms with Crippen LogP contribution in [0.15, 0.2) is 17.0 Å². The quantitative estimate of drug-likeness (QED) is 0.416. The number of nitrogens with zero attached hydrogens (tertiary/aromatic N) is 2. The third kappa shape index (κ3) is 2.53. The maximum atomic E-state index is 10.8. The number of benzene rings is 1. The summed E-state index contributed by atoms with van der Waals surface area (Å²) < 4.78 is 31.3. The first-order valence-corrected chi connectivity index (χ1v) is 6.77. The Labute approximate surface area is 108 Å². The van der Waals surface area contributed by atoms with Crippen LogP contribution in [0.2, 0.25) is 0 Å². The fourth-order valence-corrected chi connectivity index (χ4v) is 3.73. The molecule has 0 spiro atoms. The van der Waals surface area contributed by atoms with Crippen molar-refractivity contribution in [1.82, 2.24) is 0 Å². The van der Waals surface area contributed by atoms with Crippen molar-refractivity contribution >= 4 is 61.0 Å². The van der Waals surface area contributed by atoms with Crippen LogP contribution in [0.1, 0.15) is 0 Å². The number of rotatable bonds is 1. The van der Waals surface area contributed by atoms with Crippen LogP contribution in [0.3, 0.4) is 0 Å². The van der Waals surface area contributed by atoms with Crippen molar-refractivity contribution in [3.8, 4) is 0 Å². The van der Waals surface area contributed by atoms with E-state index in [2.05, 4.69) is 4.98 Å². The fourth-order valence-electron chi connectivity index (χ4n) is 0.787. The predicted octanol–water partition coefficient (Wildman–Crippen LogP) is 2.63. The van der Waals surface area contributed by atoms with Gasteiger partial charge in [-0.2, -0.15) is 8.42 Å². The smallest absolute Gasteiger partial charge is 0.282 e. The first kappa shape index (κ1) is 12.1. The number of hydrogen-bond acceptors (Lipinski definition) is 3. The van der Waals surface area contributed by atoms with Gasteiger partial charge in [0.25, 0.3) is 10.1 Å². The van der Waals surface area contributed by atoms with Gasteiger partial charge < -0.3 is 0 Å². The van der Waals surface area contributed by atoms with Crippen molar-refractivity contribution in [1.29, 1.82) is 5.39 Å². The van der Waals surface area contributed by atoms with Crippen LogP contribution in [0.5, 0.6) is 0 Å². The second-order valence-corrected chi connectivity index (χ2v) is 6.06. The molecule has 0 saturated carbocycles. The van der Waals surface area contributed by atoms with Gasteiger partial charge in [-0.15, -0.1) is 0 Å². The highest BCUT2D eigenvalue weighted by molar-refractivity contribution is 14.1. The highest BCUT2D eigenvalue weighted by Crippen LogP contribution is 2.30. The molecule has 0 heterocycles. The minimum absolute atomic E-state index is 0.210. The third-order valence-corrected chi connectivity index (χ3v) is 3.86. The van der Waals surface area contributed by atoms with Gasteiger partial charge in [-0.3, -0.25) is 4.55 Å². The van der Waals surface area contributed by atoms with E-state index >= 15 is 0 Å². The summed E-state index contributed by atoms with van der Waals surface area (Å²) in [4.78, 5) is 2.79. The second kappa shape index (κ2) is 4.25. The zero-order chi connectivity index (χ0) is 10.9. The Morgan fingerprint density at radius 3 is 2.00 bits per heavy atom. The standard InChI is InChI=1S/C6H2I2N2O3S/c7-4-1-3(14(11,12)13)2-5(8)6(4)10-9/h1-2H/p+1. The minimum Gasteiger partial charge on any atom is -0.282 e. The van der Waals surface area contributed by atoms with Crippen LogP contribution in [0.4, 0.5) is 5.69 Å². The minimum atomic E-state index is -4.21. The molecule has 1 aromatic carbocycles. The van der Waals surface area contributed by atoms with E-state index in [1.54, 1.807) is 0 Å². The first-order chi connectivity index (χ1) is 6.36. The van der Waals surface area contributed by atoms with Gasteiger partial charge >= 0.3 is 5.69 Å². The van der Waals surface area contributed by atoms with Crippen molar-refractivity contribution in [3.63, 3.8) is 0 Å². The maximum Gasteiger partial charge on any atom is 0.411 e. The lowest BCUT2D eigenvalue weighted by Crippen LogP contribution is -1.99. The van der Waals surface area contributed by atoms with Gasteiger partial charge in [0.1, 0.15) is 7.14 Å². The van der Waals surface area contributed by atoms with Crippen molar-refractivity contribution in [2.75, 3.05) is 0 Å². The molecule has 1 aromatic rings. The Morgan fingerprint density at radius 1 is 1.29 bits per heavy atom. The van der Waals surface area contributed by atoms with Crippen LogP contribution >= 0.6 is 45.2 Å². The van der Waals surface area contributed by atoms with Crippen LogP contribution in [0, 0.1) is 12.5 Å². The topological polar surface area (TPSA) is 82.5 Å². The van der Waals surface area contributed by atoms with Crippen LogP contribution in [-0.2, 0) is 10.1 Å². The van der Waals surface area contributed by atoms with Gasteiger partial charge in [0.05, 0.1) is 4.90 Å². The lowest BCUT2D eigenvalue weighted by atomic mass is 10.3. The Kier molecular flexibility index (Phi) is 3.67. The Morgan fingerprint density at radius 2 is 1.71 bits per heavy atom. The molecule has 0 aliphatic heterocycles. The highest BCUT2D eigenvalue weighted by Gasteiger charge is 2.22. The summed E-state index contributed by atoms with van der Waals surface area (Å²) in [5, 5.41) is 8.60. The fraction of sp³-hybridized carbons (Fsp3) is 0. The average Bonchev–Trinajstić information content (AvgIpc) is 2.01. The van der Waals surface area contributed by atoms with E-state index < -0.39 is 10.1 Å². The van der Waals surface area contributed by atoms with Gasteiger partial charge in [0.2, 0.25) is 5.39 Å². The number of halogens is 2. The molecule has 0 saturated heterocycles. The third-order valence-electron chi connectivity index (χ3n) is 1.39. The van der Waals surface area contributed by atoms with Gasteiger partial charge in [-0.1, -0.05) is 0 Å². The van der Waals surface area contributed by atoms with Gasteiger partial charge in [0, 0.05) is 0 Å². The molecular weight excluding hydrogens is 434 g/mol. The van der Waals surface area contributed by atoms with Crippen LogP contribution in [-0.4, -0.2) is 13.0 Å². The lowest BCUT2D eigenvalue weighted by Gasteiger charge is -1.96. The molecule has 1 N–H and O–H groups in total. The van der Waals surface area contributed by atoms with Crippen molar-refractivity contribution in [2.45, 2.75) is 4.90 Å². The molecule has 5 nitrogen and oxygen atoms in total. The van der Waals surface area contributed by atoms with E-state index in [0.29, 0.717) is 12.8 Å². The SMILES string of the molecule is N#[N+]c1c(I)cc(S(=O)(=O)O)cc1I. The monoisotopic (exact) mass is 437 g/mol. The van der Waals surface area contributed by atoms with Crippen molar-refractivity contribution in [2.24, 2.45) is 0 Å². The molecule has 8 heteroatoms. The first-order valence-electron chi connectivity index (χ1n) is 3.18. The summed E-state index contributed by atoms with van der Waals surface area (Å²) in [5.41, 5.74) is 0.290. The van der Waals surface area contributed by atoms with E-state index in [9.17, 15) is 8.42 Å². The summed E-state index contributed by atoms with van der Waals surface area (Å²) in [6.07, 6.45) is 0. The molecular formula is C6H3I2N2O3S+. The summed E-state index contributed by atoms with van der Waals surface area (Å²) in [5.74, 6) is 0. The molecule has 14 heavy (non-hydrogen) atoms. The molecule has 1 rings (SSSR count). The van der Waals surface area contributed by atoms with Gasteiger partial charge in [0.15, 0.2) is 4.98 Å².